The van der Waals surface area contributed by atoms with Crippen LogP contribution in [-0.4, -0.2) is 34.9 Å². The van der Waals surface area contributed by atoms with Gasteiger partial charge in [0, 0.05) is 24.8 Å². The van der Waals surface area contributed by atoms with Crippen LogP contribution in [0, 0.1) is 5.82 Å². The van der Waals surface area contributed by atoms with Gasteiger partial charge in [0.15, 0.2) is 0 Å². The first kappa shape index (κ1) is 21.8. The highest BCUT2D eigenvalue weighted by molar-refractivity contribution is 5.87. The smallest absolute Gasteiger partial charge is 0.416 e. The molecule has 0 spiro atoms. The van der Waals surface area contributed by atoms with Crippen LogP contribution in [0.3, 0.4) is 0 Å². The Balaban J connectivity index is 2.34. The summed E-state index contributed by atoms with van der Waals surface area (Å²) < 4.78 is 18.9. The van der Waals surface area contributed by atoms with Crippen molar-refractivity contribution >= 4 is 11.9 Å². The number of carbonyl (C=O) groups is 1. The van der Waals surface area contributed by atoms with Gasteiger partial charge in [-0.15, -0.1) is 0 Å². The second-order valence-electron chi connectivity index (χ2n) is 8.46. The molecule has 1 amide bonds. The maximum absolute atomic E-state index is 13.3. The molecule has 0 radical (unpaired) electrons. The predicted molar refractivity (Wildman–Crippen MR) is 108 cm³/mol. The Morgan fingerprint density at radius 1 is 1.11 bits per heavy atom. The molecule has 0 atom stereocenters. The summed E-state index contributed by atoms with van der Waals surface area (Å²) in [4.78, 5) is 18.8. The molecule has 2 rings (SSSR count). The van der Waals surface area contributed by atoms with Gasteiger partial charge in [0.2, 0.25) is 0 Å². The number of aliphatic hydroxyl groups excluding tert-OH is 1. The molecule has 1 N–H and O–H groups in total. The van der Waals surface area contributed by atoms with E-state index in [-0.39, 0.29) is 12.4 Å². The van der Waals surface area contributed by atoms with Crippen molar-refractivity contribution in [3.05, 3.63) is 59.5 Å². The second kappa shape index (κ2) is 8.69. The van der Waals surface area contributed by atoms with Crippen LogP contribution in [0.5, 0.6) is 0 Å². The predicted octanol–water partition coefficient (Wildman–Crippen LogP) is 4.47. The van der Waals surface area contributed by atoms with Crippen molar-refractivity contribution in [2.45, 2.75) is 52.1 Å². The van der Waals surface area contributed by atoms with E-state index < -0.39 is 17.1 Å². The number of aromatic nitrogens is 1. The number of carbonyl (C=O) groups excluding carboxylic acids is 1. The van der Waals surface area contributed by atoms with E-state index in [0.29, 0.717) is 18.8 Å². The highest BCUT2D eigenvalue weighted by Crippen LogP contribution is 2.28. The van der Waals surface area contributed by atoms with E-state index in [4.69, 9.17) is 9.84 Å². The van der Waals surface area contributed by atoms with E-state index in [1.54, 1.807) is 24.4 Å². The van der Waals surface area contributed by atoms with Gasteiger partial charge in [0.25, 0.3) is 0 Å². The monoisotopic (exact) mass is 388 g/mol. The Morgan fingerprint density at radius 2 is 1.75 bits per heavy atom. The standard InChI is InChI=1S/C22H29FN2O3/c1-21(2,3)28-20(27)25(19-11-6-16(12-13-26)14-24-19)15-22(4,5)17-7-9-18(23)10-8-17/h6-11,14,26H,12-13,15H2,1-5H3. The van der Waals surface area contributed by atoms with Crippen LogP contribution >= 0.6 is 0 Å². The summed E-state index contributed by atoms with van der Waals surface area (Å²) in [5.74, 6) is 0.163. The van der Waals surface area contributed by atoms with Crippen LogP contribution in [0.15, 0.2) is 42.6 Å². The highest BCUT2D eigenvalue weighted by atomic mass is 19.1. The molecule has 2 aromatic rings. The third-order valence-electron chi connectivity index (χ3n) is 4.28. The number of pyridine rings is 1. The van der Waals surface area contributed by atoms with Crippen LogP contribution in [0.1, 0.15) is 45.7 Å². The number of amides is 1. The zero-order valence-electron chi connectivity index (χ0n) is 17.2. The van der Waals surface area contributed by atoms with Gasteiger partial charge in [0.1, 0.15) is 17.2 Å². The Hall–Kier alpha value is -2.47. The third kappa shape index (κ3) is 6.02. The number of hydrogen-bond acceptors (Lipinski definition) is 4. The van der Waals surface area contributed by atoms with E-state index in [2.05, 4.69) is 4.98 Å². The van der Waals surface area contributed by atoms with Crippen molar-refractivity contribution in [1.29, 1.82) is 0 Å². The summed E-state index contributed by atoms with van der Waals surface area (Å²) in [5.41, 5.74) is 0.676. The topological polar surface area (TPSA) is 62.7 Å². The lowest BCUT2D eigenvalue weighted by Gasteiger charge is -2.34. The Labute approximate surface area is 166 Å². The Bertz CT molecular complexity index is 781. The molecular formula is C22H29FN2O3. The molecule has 152 valence electrons. The molecule has 0 aliphatic heterocycles. The van der Waals surface area contributed by atoms with Gasteiger partial charge in [-0.25, -0.2) is 14.2 Å². The number of halogens is 1. The molecule has 0 aliphatic carbocycles. The molecule has 0 unspecified atom stereocenters. The molecule has 1 aromatic heterocycles. The average Bonchev–Trinajstić information content (AvgIpc) is 2.60. The number of rotatable bonds is 6. The van der Waals surface area contributed by atoms with Gasteiger partial charge in [-0.1, -0.05) is 32.0 Å². The molecule has 5 nitrogen and oxygen atoms in total. The largest absolute Gasteiger partial charge is 0.443 e. The zero-order valence-corrected chi connectivity index (χ0v) is 17.2. The van der Waals surface area contributed by atoms with E-state index in [9.17, 15) is 9.18 Å². The summed E-state index contributed by atoms with van der Waals surface area (Å²) in [6.45, 7) is 9.74. The minimum absolute atomic E-state index is 0.0361. The van der Waals surface area contributed by atoms with Crippen LogP contribution in [0.4, 0.5) is 15.0 Å². The van der Waals surface area contributed by atoms with Crippen molar-refractivity contribution in [3.63, 3.8) is 0 Å². The minimum atomic E-state index is -0.647. The number of benzene rings is 1. The fourth-order valence-corrected chi connectivity index (χ4v) is 2.80. The van der Waals surface area contributed by atoms with Gasteiger partial charge in [-0.2, -0.15) is 0 Å². The van der Waals surface area contributed by atoms with Gasteiger partial charge >= 0.3 is 6.09 Å². The molecule has 0 bridgehead atoms. The lowest BCUT2D eigenvalue weighted by Crippen LogP contribution is -2.44. The van der Waals surface area contributed by atoms with Crippen molar-refractivity contribution in [2.24, 2.45) is 0 Å². The van der Waals surface area contributed by atoms with Crippen LogP contribution in [0.25, 0.3) is 0 Å². The molecule has 28 heavy (non-hydrogen) atoms. The van der Waals surface area contributed by atoms with Crippen molar-refractivity contribution in [1.82, 2.24) is 4.98 Å². The summed E-state index contributed by atoms with van der Waals surface area (Å²) >= 11 is 0. The Kier molecular flexibility index (Phi) is 6.77. The molecule has 0 saturated carbocycles. The maximum Gasteiger partial charge on any atom is 0.416 e. The SMILES string of the molecule is CC(C)(C)OC(=O)N(CC(C)(C)c1ccc(F)cc1)c1ccc(CCO)cn1. The Morgan fingerprint density at radius 3 is 2.25 bits per heavy atom. The fraction of sp³-hybridized carbons (Fsp3) is 0.455. The number of nitrogens with zero attached hydrogens (tertiary/aromatic N) is 2. The summed E-state index contributed by atoms with van der Waals surface area (Å²) in [6, 6.07) is 9.85. The number of anilines is 1. The summed E-state index contributed by atoms with van der Waals surface area (Å²) in [5, 5.41) is 9.07. The number of aliphatic hydroxyl groups is 1. The molecule has 1 aromatic carbocycles. The summed E-state index contributed by atoms with van der Waals surface area (Å²) in [7, 11) is 0. The van der Waals surface area contributed by atoms with Crippen LogP contribution < -0.4 is 4.90 Å². The quantitative estimate of drug-likeness (QED) is 0.793. The van der Waals surface area contributed by atoms with Crippen LogP contribution in [-0.2, 0) is 16.6 Å². The van der Waals surface area contributed by atoms with Gasteiger partial charge in [0.05, 0.1) is 0 Å². The zero-order chi connectivity index (χ0) is 20.9. The van der Waals surface area contributed by atoms with Gasteiger partial charge < -0.3 is 9.84 Å². The molecule has 0 fully saturated rings. The molecule has 1 heterocycles. The molecule has 0 saturated heterocycles. The maximum atomic E-state index is 13.3. The van der Waals surface area contributed by atoms with Gasteiger partial charge in [-0.3, -0.25) is 4.90 Å². The lowest BCUT2D eigenvalue weighted by molar-refractivity contribution is 0.0572. The first-order valence-corrected chi connectivity index (χ1v) is 9.34. The van der Waals surface area contributed by atoms with E-state index in [0.717, 1.165) is 11.1 Å². The average molecular weight is 388 g/mol. The van der Waals surface area contributed by atoms with E-state index in [1.807, 2.05) is 40.7 Å². The first-order chi connectivity index (χ1) is 13.0. The summed E-state index contributed by atoms with van der Waals surface area (Å²) in [6.07, 6.45) is 1.65. The second-order valence-corrected chi connectivity index (χ2v) is 8.46. The first-order valence-electron chi connectivity index (χ1n) is 9.34. The van der Waals surface area contributed by atoms with Crippen molar-refractivity contribution in [2.75, 3.05) is 18.1 Å². The number of hydrogen-bond donors (Lipinski definition) is 1. The van der Waals surface area contributed by atoms with Crippen molar-refractivity contribution in [3.8, 4) is 0 Å². The number of ether oxygens (including phenoxy) is 1. The van der Waals surface area contributed by atoms with E-state index >= 15 is 0 Å². The lowest BCUT2D eigenvalue weighted by atomic mass is 9.84. The fourth-order valence-electron chi connectivity index (χ4n) is 2.80. The normalized spacial score (nSPS) is 12.0. The molecular weight excluding hydrogens is 359 g/mol. The molecule has 0 aliphatic rings. The van der Waals surface area contributed by atoms with E-state index in [1.165, 1.54) is 17.0 Å². The minimum Gasteiger partial charge on any atom is -0.443 e. The van der Waals surface area contributed by atoms with Crippen molar-refractivity contribution < 1.29 is 19.0 Å². The third-order valence-corrected chi connectivity index (χ3v) is 4.28. The van der Waals surface area contributed by atoms with Crippen LogP contribution in [0.2, 0.25) is 0 Å². The highest BCUT2D eigenvalue weighted by Gasteiger charge is 2.31. The molecule has 6 heteroatoms. The van der Waals surface area contributed by atoms with Gasteiger partial charge in [-0.05, 0) is 56.5 Å².